The molecule has 0 spiro atoms. The number of rotatable bonds is 1. The van der Waals surface area contributed by atoms with E-state index in [2.05, 4.69) is 37.5 Å². The van der Waals surface area contributed by atoms with E-state index in [1.54, 1.807) is 0 Å². The summed E-state index contributed by atoms with van der Waals surface area (Å²) in [4.78, 5) is 12.2. The van der Waals surface area contributed by atoms with Gasteiger partial charge in [-0.05, 0) is 36.5 Å². The molecule has 2 rings (SSSR count). The van der Waals surface area contributed by atoms with Crippen LogP contribution in [0.4, 0.5) is 11.4 Å². The van der Waals surface area contributed by atoms with E-state index < -0.39 is 0 Å². The monoisotopic (exact) mass is 246 g/mol. The molecule has 3 heteroatoms. The second-order valence-electron chi connectivity index (χ2n) is 6.38. The van der Waals surface area contributed by atoms with Gasteiger partial charge in [0.05, 0.1) is 17.3 Å². The van der Waals surface area contributed by atoms with E-state index in [4.69, 9.17) is 0 Å². The molecule has 98 valence electrons. The van der Waals surface area contributed by atoms with Crippen LogP contribution >= 0.6 is 0 Å². The Balaban J connectivity index is 2.19. The van der Waals surface area contributed by atoms with Gasteiger partial charge in [-0.1, -0.05) is 26.8 Å². The van der Waals surface area contributed by atoms with Crippen LogP contribution in [0.2, 0.25) is 0 Å². The number of nitrogens with one attached hydrogen (secondary N) is 2. The van der Waals surface area contributed by atoms with E-state index >= 15 is 0 Å². The molecule has 1 heterocycles. The molecule has 1 aromatic rings. The number of amides is 1. The Labute approximate surface area is 109 Å². The average molecular weight is 246 g/mol. The van der Waals surface area contributed by atoms with Crippen molar-refractivity contribution in [2.75, 3.05) is 17.2 Å². The summed E-state index contributed by atoms with van der Waals surface area (Å²) in [6.07, 6.45) is 0.888. The van der Waals surface area contributed by atoms with Gasteiger partial charge in [0, 0.05) is 6.54 Å². The minimum Gasteiger partial charge on any atom is -0.383 e. The maximum absolute atomic E-state index is 12.2. The minimum atomic E-state index is 0.0257. The highest BCUT2D eigenvalue weighted by Crippen LogP contribution is 2.31. The summed E-state index contributed by atoms with van der Waals surface area (Å²) in [6.45, 7) is 9.25. The van der Waals surface area contributed by atoms with E-state index in [-0.39, 0.29) is 17.2 Å². The van der Waals surface area contributed by atoms with Crippen LogP contribution in [-0.4, -0.2) is 12.5 Å². The standard InChI is InChI=1S/C15H22N2O/c1-10-5-6-12-13(7-10)17-14(18)11(9-16-12)8-15(2,3)4/h5-7,11,16H,8-9H2,1-4H3,(H,17,18). The Hall–Kier alpha value is -1.51. The van der Waals surface area contributed by atoms with Crippen molar-refractivity contribution in [3.8, 4) is 0 Å². The van der Waals surface area contributed by atoms with Gasteiger partial charge in [-0.3, -0.25) is 4.79 Å². The maximum Gasteiger partial charge on any atom is 0.229 e. The van der Waals surface area contributed by atoms with Gasteiger partial charge in [-0.15, -0.1) is 0 Å². The van der Waals surface area contributed by atoms with Crippen LogP contribution in [0.3, 0.4) is 0 Å². The Kier molecular flexibility index (Phi) is 3.33. The molecular formula is C15H22N2O. The number of hydrogen-bond acceptors (Lipinski definition) is 2. The zero-order valence-electron chi connectivity index (χ0n) is 11.6. The van der Waals surface area contributed by atoms with Crippen LogP contribution in [-0.2, 0) is 4.79 Å². The molecule has 1 atom stereocenters. The van der Waals surface area contributed by atoms with Crippen LogP contribution in [0.5, 0.6) is 0 Å². The molecule has 2 N–H and O–H groups in total. The number of fused-ring (bicyclic) bond motifs is 1. The van der Waals surface area contributed by atoms with Crippen molar-refractivity contribution < 1.29 is 4.79 Å². The topological polar surface area (TPSA) is 41.1 Å². The van der Waals surface area contributed by atoms with Crippen LogP contribution < -0.4 is 10.6 Å². The van der Waals surface area contributed by atoms with E-state index in [9.17, 15) is 4.79 Å². The fraction of sp³-hybridized carbons (Fsp3) is 0.533. The van der Waals surface area contributed by atoms with Crippen LogP contribution in [0.15, 0.2) is 18.2 Å². The lowest BCUT2D eigenvalue weighted by Gasteiger charge is -2.23. The van der Waals surface area contributed by atoms with Gasteiger partial charge >= 0.3 is 0 Å². The van der Waals surface area contributed by atoms with E-state index in [0.717, 1.165) is 23.4 Å². The third kappa shape index (κ3) is 3.03. The number of carbonyl (C=O) groups excluding carboxylic acids is 1. The maximum atomic E-state index is 12.2. The first kappa shape index (κ1) is 12.9. The Morgan fingerprint density at radius 1 is 1.28 bits per heavy atom. The highest BCUT2D eigenvalue weighted by Gasteiger charge is 2.27. The van der Waals surface area contributed by atoms with Crippen molar-refractivity contribution in [1.29, 1.82) is 0 Å². The Morgan fingerprint density at radius 2 is 2.00 bits per heavy atom. The second kappa shape index (κ2) is 4.63. The molecule has 0 radical (unpaired) electrons. The van der Waals surface area contributed by atoms with Gasteiger partial charge in [0.15, 0.2) is 0 Å². The largest absolute Gasteiger partial charge is 0.383 e. The number of aryl methyl sites for hydroxylation is 1. The molecular weight excluding hydrogens is 224 g/mol. The van der Waals surface area contributed by atoms with Gasteiger partial charge in [0.1, 0.15) is 0 Å². The molecule has 18 heavy (non-hydrogen) atoms. The van der Waals surface area contributed by atoms with Gasteiger partial charge < -0.3 is 10.6 Å². The highest BCUT2D eigenvalue weighted by atomic mass is 16.1. The quantitative estimate of drug-likeness (QED) is 0.797. The fourth-order valence-corrected chi connectivity index (χ4v) is 2.38. The van der Waals surface area contributed by atoms with Crippen LogP contribution in [0, 0.1) is 18.3 Å². The Bertz CT molecular complexity index is 460. The Morgan fingerprint density at radius 3 is 2.67 bits per heavy atom. The van der Waals surface area contributed by atoms with Gasteiger partial charge in [0.25, 0.3) is 0 Å². The van der Waals surface area contributed by atoms with Crippen LogP contribution in [0.1, 0.15) is 32.8 Å². The molecule has 0 aromatic heterocycles. The molecule has 1 aliphatic rings. The van der Waals surface area contributed by atoms with E-state index in [1.807, 2.05) is 19.1 Å². The molecule has 3 nitrogen and oxygen atoms in total. The van der Waals surface area contributed by atoms with E-state index in [0.29, 0.717) is 6.54 Å². The lowest BCUT2D eigenvalue weighted by Crippen LogP contribution is -2.29. The zero-order chi connectivity index (χ0) is 13.3. The molecule has 0 aliphatic carbocycles. The first-order chi connectivity index (χ1) is 8.35. The minimum absolute atomic E-state index is 0.0257. The summed E-state index contributed by atoms with van der Waals surface area (Å²) in [7, 11) is 0. The van der Waals surface area contributed by atoms with Crippen molar-refractivity contribution in [2.24, 2.45) is 11.3 Å². The first-order valence-corrected chi connectivity index (χ1v) is 6.50. The molecule has 1 aliphatic heterocycles. The van der Waals surface area contributed by atoms with Gasteiger partial charge in [0.2, 0.25) is 5.91 Å². The second-order valence-corrected chi connectivity index (χ2v) is 6.38. The molecule has 0 saturated heterocycles. The number of hydrogen-bond donors (Lipinski definition) is 2. The van der Waals surface area contributed by atoms with E-state index in [1.165, 1.54) is 0 Å². The van der Waals surface area contributed by atoms with Crippen LogP contribution in [0.25, 0.3) is 0 Å². The smallest absolute Gasteiger partial charge is 0.229 e. The van der Waals surface area contributed by atoms with Crippen molar-refractivity contribution >= 4 is 17.3 Å². The summed E-state index contributed by atoms with van der Waals surface area (Å²) in [6, 6.07) is 6.10. The van der Waals surface area contributed by atoms with Crippen molar-refractivity contribution in [3.05, 3.63) is 23.8 Å². The normalized spacial score (nSPS) is 19.6. The zero-order valence-corrected chi connectivity index (χ0v) is 11.6. The lowest BCUT2D eigenvalue weighted by molar-refractivity contribution is -0.120. The summed E-state index contributed by atoms with van der Waals surface area (Å²) in [5, 5.41) is 6.41. The van der Waals surface area contributed by atoms with Crippen molar-refractivity contribution in [3.63, 3.8) is 0 Å². The van der Waals surface area contributed by atoms with Gasteiger partial charge in [-0.25, -0.2) is 0 Å². The summed E-state index contributed by atoms with van der Waals surface area (Å²) in [5.41, 5.74) is 3.24. The molecule has 1 unspecified atom stereocenters. The lowest BCUT2D eigenvalue weighted by atomic mass is 9.84. The summed E-state index contributed by atoms with van der Waals surface area (Å²) in [5.74, 6) is 0.152. The molecule has 0 bridgehead atoms. The molecule has 0 fully saturated rings. The third-order valence-electron chi connectivity index (χ3n) is 3.20. The average Bonchev–Trinajstić information content (AvgIpc) is 2.37. The summed E-state index contributed by atoms with van der Waals surface area (Å²) >= 11 is 0. The fourth-order valence-electron chi connectivity index (χ4n) is 2.38. The molecule has 1 amide bonds. The SMILES string of the molecule is Cc1ccc2c(c1)NC(=O)C(CC(C)(C)C)CN2. The molecule has 0 saturated carbocycles. The number of carbonyl (C=O) groups is 1. The van der Waals surface area contributed by atoms with Gasteiger partial charge in [-0.2, -0.15) is 0 Å². The number of anilines is 2. The summed E-state index contributed by atoms with van der Waals surface area (Å²) < 4.78 is 0. The first-order valence-electron chi connectivity index (χ1n) is 6.50. The predicted octanol–water partition coefficient (Wildman–Crippen LogP) is 3.41. The highest BCUT2D eigenvalue weighted by molar-refractivity contribution is 5.97. The molecule has 1 aromatic carbocycles. The predicted molar refractivity (Wildman–Crippen MR) is 75.9 cm³/mol. The van der Waals surface area contributed by atoms with Crippen molar-refractivity contribution in [2.45, 2.75) is 34.1 Å². The number of benzene rings is 1. The van der Waals surface area contributed by atoms with Crippen molar-refractivity contribution in [1.82, 2.24) is 0 Å². The third-order valence-corrected chi connectivity index (χ3v) is 3.20.